The van der Waals surface area contributed by atoms with Gasteiger partial charge in [-0.05, 0) is 41.6 Å². The molecule has 0 fully saturated rings. The molecule has 1 aromatic heterocycles. The maximum Gasteiger partial charge on any atom is 0.317 e. The molecule has 0 aliphatic heterocycles. The topological polar surface area (TPSA) is 84.2 Å². The molecule has 0 saturated carbocycles. The summed E-state index contributed by atoms with van der Waals surface area (Å²) >= 11 is 4.68. The quantitative estimate of drug-likeness (QED) is 0.288. The zero-order chi connectivity index (χ0) is 17.8. The van der Waals surface area contributed by atoms with Crippen molar-refractivity contribution in [2.75, 3.05) is 5.75 Å². The Morgan fingerprint density at radius 2 is 2.20 bits per heavy atom. The summed E-state index contributed by atoms with van der Waals surface area (Å²) in [6.45, 7) is 0. The maximum absolute atomic E-state index is 11.9. The highest BCUT2D eigenvalue weighted by Crippen LogP contribution is 2.18. The van der Waals surface area contributed by atoms with Crippen molar-refractivity contribution in [3.8, 4) is 5.75 Å². The highest BCUT2D eigenvalue weighted by Gasteiger charge is 2.16. The molecule has 0 aliphatic carbocycles. The fraction of sp³-hybridized carbons (Fsp3) is 0.118. The van der Waals surface area contributed by atoms with Crippen molar-refractivity contribution in [2.45, 2.75) is 5.16 Å². The van der Waals surface area contributed by atoms with Gasteiger partial charge < -0.3 is 5.11 Å². The van der Waals surface area contributed by atoms with E-state index >= 15 is 0 Å². The molecular weight excluding hydrogens is 404 g/mol. The number of halogens is 1. The number of imidazole rings is 1. The summed E-state index contributed by atoms with van der Waals surface area (Å²) in [5.41, 5.74) is 4.93. The van der Waals surface area contributed by atoms with Gasteiger partial charge in [-0.15, -0.1) is 0 Å². The third-order valence-corrected chi connectivity index (χ3v) is 5.07. The summed E-state index contributed by atoms with van der Waals surface area (Å²) in [6, 6.07) is 12.7. The van der Waals surface area contributed by atoms with Gasteiger partial charge in [0.15, 0.2) is 11.0 Å². The van der Waals surface area contributed by atoms with Gasteiger partial charge in [-0.2, -0.15) is 5.10 Å². The summed E-state index contributed by atoms with van der Waals surface area (Å²) in [5, 5.41) is 16.4. The maximum atomic E-state index is 11.9. The summed E-state index contributed by atoms with van der Waals surface area (Å²) in [6.07, 6.45) is 1.35. The minimum atomic E-state index is -0.248. The monoisotopic (exact) mass is 418 g/mol. The Balaban J connectivity index is 1.58. The molecule has 0 spiro atoms. The van der Waals surface area contributed by atoms with Gasteiger partial charge in [0.25, 0.3) is 5.91 Å². The van der Waals surface area contributed by atoms with Crippen LogP contribution in [0.5, 0.6) is 5.75 Å². The molecule has 1 heterocycles. The number of amides is 1. The van der Waals surface area contributed by atoms with Crippen LogP contribution in [0.15, 0.2) is 57.2 Å². The summed E-state index contributed by atoms with van der Waals surface area (Å²) in [4.78, 5) is 15.2. The Morgan fingerprint density at radius 1 is 1.40 bits per heavy atom. The van der Waals surface area contributed by atoms with Crippen molar-refractivity contribution in [3.63, 3.8) is 0 Å². The van der Waals surface area contributed by atoms with Gasteiger partial charge in [-0.3, -0.25) is 4.79 Å². The number of hydrogen-bond acceptors (Lipinski definition) is 4. The number of aryl methyl sites for hydroxylation is 1. The first-order valence-corrected chi connectivity index (χ1v) is 9.20. The minimum absolute atomic E-state index is 0.152. The Bertz CT molecular complexity index is 955. The SMILES string of the molecule is C[n+]1c(SCC(=O)N/N=C/c2cc(Br)ccc2[O-])[nH]c2ccccc21. The minimum Gasteiger partial charge on any atom is -0.872 e. The van der Waals surface area contributed by atoms with Gasteiger partial charge in [0, 0.05) is 4.47 Å². The molecule has 0 bridgehead atoms. The third-order valence-electron chi connectivity index (χ3n) is 3.52. The summed E-state index contributed by atoms with van der Waals surface area (Å²) in [5.74, 6) is -0.191. The van der Waals surface area contributed by atoms with Crippen molar-refractivity contribution >= 4 is 50.8 Å². The molecule has 2 aromatic carbocycles. The first kappa shape index (κ1) is 17.5. The van der Waals surface area contributed by atoms with E-state index in [4.69, 9.17) is 0 Å². The summed E-state index contributed by atoms with van der Waals surface area (Å²) in [7, 11) is 1.94. The molecule has 6 nitrogen and oxygen atoms in total. The van der Waals surface area contributed by atoms with E-state index in [0.717, 1.165) is 20.7 Å². The van der Waals surface area contributed by atoms with Crippen LogP contribution >= 0.6 is 27.7 Å². The van der Waals surface area contributed by atoms with Gasteiger partial charge in [0.2, 0.25) is 0 Å². The number of benzene rings is 2. The number of hydrogen-bond donors (Lipinski definition) is 2. The van der Waals surface area contributed by atoms with Crippen LogP contribution in [-0.4, -0.2) is 22.9 Å². The number of carbonyl (C=O) groups excluding carboxylic acids is 1. The van der Waals surface area contributed by atoms with E-state index < -0.39 is 0 Å². The molecule has 8 heteroatoms. The zero-order valence-corrected chi connectivity index (χ0v) is 15.7. The number of carbonyl (C=O) groups is 1. The van der Waals surface area contributed by atoms with Crippen molar-refractivity contribution in [3.05, 3.63) is 52.5 Å². The van der Waals surface area contributed by atoms with Gasteiger partial charge in [-0.25, -0.2) is 15.0 Å². The molecule has 0 saturated heterocycles. The molecule has 3 rings (SSSR count). The van der Waals surface area contributed by atoms with Crippen LogP contribution in [0.3, 0.4) is 0 Å². The van der Waals surface area contributed by atoms with Gasteiger partial charge >= 0.3 is 5.16 Å². The molecular formula is C17H15BrN4O2S. The van der Waals surface area contributed by atoms with Crippen molar-refractivity contribution in [2.24, 2.45) is 12.1 Å². The van der Waals surface area contributed by atoms with Crippen LogP contribution in [0, 0.1) is 0 Å². The van der Waals surface area contributed by atoms with Crippen molar-refractivity contribution in [1.82, 2.24) is 10.4 Å². The van der Waals surface area contributed by atoms with Crippen LogP contribution in [0.2, 0.25) is 0 Å². The lowest BCUT2D eigenvalue weighted by Crippen LogP contribution is -2.30. The smallest absolute Gasteiger partial charge is 0.317 e. The van der Waals surface area contributed by atoms with E-state index in [1.54, 1.807) is 12.1 Å². The average molecular weight is 419 g/mol. The second kappa shape index (κ2) is 7.71. The van der Waals surface area contributed by atoms with Crippen molar-refractivity contribution in [1.29, 1.82) is 0 Å². The van der Waals surface area contributed by atoms with Crippen LogP contribution < -0.4 is 15.1 Å². The van der Waals surface area contributed by atoms with Gasteiger partial charge in [0.05, 0.1) is 19.0 Å². The first-order chi connectivity index (χ1) is 12.0. The Morgan fingerprint density at radius 3 is 3.00 bits per heavy atom. The second-order valence-corrected chi connectivity index (χ2v) is 7.15. The number of aromatic nitrogens is 2. The number of nitrogens with one attached hydrogen (secondary N) is 2. The number of H-pyrrole nitrogens is 1. The number of para-hydroxylation sites is 2. The zero-order valence-electron chi connectivity index (χ0n) is 13.3. The molecule has 2 N–H and O–H groups in total. The third kappa shape index (κ3) is 4.21. The summed E-state index contributed by atoms with van der Waals surface area (Å²) < 4.78 is 2.78. The van der Waals surface area contributed by atoms with E-state index in [2.05, 4.69) is 31.4 Å². The lowest BCUT2D eigenvalue weighted by molar-refractivity contribution is -0.683. The predicted molar refractivity (Wildman–Crippen MR) is 99.5 cm³/mol. The average Bonchev–Trinajstić information content (AvgIpc) is 2.92. The second-order valence-electron chi connectivity index (χ2n) is 5.27. The highest BCUT2D eigenvalue weighted by molar-refractivity contribution is 9.10. The van der Waals surface area contributed by atoms with Crippen LogP contribution in [-0.2, 0) is 11.8 Å². The van der Waals surface area contributed by atoms with Crippen LogP contribution in [0.4, 0.5) is 0 Å². The molecule has 0 unspecified atom stereocenters. The number of rotatable bonds is 5. The van der Waals surface area contributed by atoms with E-state index in [-0.39, 0.29) is 17.4 Å². The van der Waals surface area contributed by atoms with E-state index in [9.17, 15) is 9.90 Å². The molecule has 1 amide bonds. The molecule has 3 aromatic rings. The molecule has 0 radical (unpaired) electrons. The standard InChI is InChI=1S/C17H15BrN4O2S/c1-22-14-5-3-2-4-13(14)20-17(22)25-10-16(24)21-19-9-11-8-12(18)6-7-15(11)23/h2-9H,10H2,1H3,(H2,19,21,23,24). The molecule has 0 atom stereocenters. The number of nitrogens with zero attached hydrogens (tertiary/aromatic N) is 2. The van der Waals surface area contributed by atoms with Crippen LogP contribution in [0.1, 0.15) is 5.56 Å². The van der Waals surface area contributed by atoms with Gasteiger partial charge in [0.1, 0.15) is 0 Å². The van der Waals surface area contributed by atoms with Crippen LogP contribution in [0.25, 0.3) is 11.0 Å². The molecule has 0 aliphatic rings. The highest BCUT2D eigenvalue weighted by atomic mass is 79.9. The fourth-order valence-corrected chi connectivity index (χ4v) is 3.46. The first-order valence-electron chi connectivity index (χ1n) is 7.42. The van der Waals surface area contributed by atoms with Crippen molar-refractivity contribution < 1.29 is 14.5 Å². The largest absolute Gasteiger partial charge is 0.872 e. The lowest BCUT2D eigenvalue weighted by Gasteiger charge is -2.09. The number of fused-ring (bicyclic) bond motifs is 1. The fourth-order valence-electron chi connectivity index (χ4n) is 2.27. The Hall–Kier alpha value is -2.32. The normalized spacial score (nSPS) is 11.3. The Labute approximate surface area is 157 Å². The predicted octanol–water partition coefficient (Wildman–Crippen LogP) is 2.07. The van der Waals surface area contributed by atoms with E-state index in [1.165, 1.54) is 24.0 Å². The molecule has 128 valence electrons. The van der Waals surface area contributed by atoms with E-state index in [1.807, 2.05) is 35.9 Å². The number of hydrazone groups is 1. The lowest BCUT2D eigenvalue weighted by atomic mass is 10.2. The van der Waals surface area contributed by atoms with E-state index in [0.29, 0.717) is 5.56 Å². The molecule has 25 heavy (non-hydrogen) atoms. The van der Waals surface area contributed by atoms with Gasteiger partial charge in [-0.1, -0.05) is 39.9 Å². The number of aromatic amines is 1. The Kier molecular flexibility index (Phi) is 5.40. The number of thioether (sulfide) groups is 1.